The molecule has 1 aliphatic rings. The zero-order valence-corrected chi connectivity index (χ0v) is 11.0. The Morgan fingerprint density at radius 1 is 1.40 bits per heavy atom. The van der Waals surface area contributed by atoms with Crippen molar-refractivity contribution in [2.45, 2.75) is 24.5 Å². The molecule has 0 saturated carbocycles. The Bertz CT molecular complexity index is 616. The van der Waals surface area contributed by atoms with Crippen LogP contribution >= 0.6 is 0 Å². The number of aromatic nitrogens is 3. The highest BCUT2D eigenvalue weighted by molar-refractivity contribution is 5.87. The molecule has 0 unspecified atom stereocenters. The number of aliphatic hydroxyl groups is 2. The monoisotopic (exact) mass is 279 g/mol. The van der Waals surface area contributed by atoms with Crippen molar-refractivity contribution >= 4 is 16.9 Å². The highest BCUT2D eigenvalue weighted by Gasteiger charge is 2.43. The molecule has 20 heavy (non-hydrogen) atoms. The number of hydrogen-bond donors (Lipinski definition) is 4. The third kappa shape index (κ3) is 1.85. The Balaban J connectivity index is 2.03. The minimum Gasteiger partial charge on any atom is -0.387 e. The van der Waals surface area contributed by atoms with E-state index < -0.39 is 24.5 Å². The van der Waals surface area contributed by atoms with E-state index in [1.807, 2.05) is 6.07 Å². The van der Waals surface area contributed by atoms with E-state index in [-0.39, 0.29) is 6.54 Å². The standard InChI is InChI=1S/C12H17N5O3/c1-14-10-6-2-3-17(11(6)16-5-15-10)12-9(19)8(18)7(4-13)20-12/h2-3,5,7-9,12,18-19H,4,13H2,1H3,(H,14,15,16)/t7-,8-,9-,12-/m1/s1. The molecule has 8 heteroatoms. The maximum absolute atomic E-state index is 10.1. The molecule has 0 radical (unpaired) electrons. The van der Waals surface area contributed by atoms with E-state index in [1.54, 1.807) is 17.8 Å². The van der Waals surface area contributed by atoms with Crippen molar-refractivity contribution < 1.29 is 14.9 Å². The number of nitrogens with zero attached hydrogens (tertiary/aromatic N) is 3. The van der Waals surface area contributed by atoms with Crippen LogP contribution in [0, 0.1) is 0 Å². The maximum Gasteiger partial charge on any atom is 0.164 e. The summed E-state index contributed by atoms with van der Waals surface area (Å²) in [4.78, 5) is 8.33. The number of ether oxygens (including phenoxy) is 1. The van der Waals surface area contributed by atoms with Crippen LogP contribution in [0.3, 0.4) is 0 Å². The second kappa shape index (κ2) is 4.98. The van der Waals surface area contributed by atoms with Crippen molar-refractivity contribution in [2.75, 3.05) is 18.9 Å². The molecule has 1 saturated heterocycles. The summed E-state index contributed by atoms with van der Waals surface area (Å²) in [7, 11) is 1.77. The molecule has 0 spiro atoms. The Labute approximate surface area is 115 Å². The van der Waals surface area contributed by atoms with Crippen LogP contribution in [0.5, 0.6) is 0 Å². The van der Waals surface area contributed by atoms with Crippen LogP contribution in [0.1, 0.15) is 6.23 Å². The molecule has 4 atom stereocenters. The summed E-state index contributed by atoms with van der Waals surface area (Å²) in [6.07, 6.45) is -0.170. The van der Waals surface area contributed by atoms with Crippen LogP contribution in [-0.4, -0.2) is 56.7 Å². The van der Waals surface area contributed by atoms with Crippen LogP contribution in [0.25, 0.3) is 11.0 Å². The van der Waals surface area contributed by atoms with E-state index in [1.165, 1.54) is 6.33 Å². The van der Waals surface area contributed by atoms with Gasteiger partial charge in [0.25, 0.3) is 0 Å². The normalized spacial score (nSPS) is 30.0. The molecule has 108 valence electrons. The van der Waals surface area contributed by atoms with Crippen molar-refractivity contribution in [2.24, 2.45) is 5.73 Å². The highest BCUT2D eigenvalue weighted by atomic mass is 16.6. The van der Waals surface area contributed by atoms with Gasteiger partial charge in [0.05, 0.1) is 5.39 Å². The molecule has 0 aliphatic carbocycles. The van der Waals surface area contributed by atoms with E-state index in [2.05, 4.69) is 15.3 Å². The third-order valence-corrected chi connectivity index (χ3v) is 3.59. The summed E-state index contributed by atoms with van der Waals surface area (Å²) in [6.45, 7) is 0.144. The SMILES string of the molecule is CNc1ncnc2c1ccn2[C@@H]1O[C@H](CN)[C@@H](O)[C@H]1O. The quantitative estimate of drug-likeness (QED) is 0.572. The minimum absolute atomic E-state index is 0.144. The van der Waals surface area contributed by atoms with Gasteiger partial charge in [-0.05, 0) is 6.07 Å². The molecule has 0 amide bonds. The van der Waals surface area contributed by atoms with E-state index >= 15 is 0 Å². The van der Waals surface area contributed by atoms with Crippen molar-refractivity contribution in [3.8, 4) is 0 Å². The minimum atomic E-state index is -1.05. The third-order valence-electron chi connectivity index (χ3n) is 3.59. The largest absolute Gasteiger partial charge is 0.387 e. The fourth-order valence-corrected chi connectivity index (χ4v) is 2.53. The zero-order chi connectivity index (χ0) is 14.3. The van der Waals surface area contributed by atoms with Crippen molar-refractivity contribution in [3.63, 3.8) is 0 Å². The number of fused-ring (bicyclic) bond motifs is 1. The summed E-state index contributed by atoms with van der Waals surface area (Å²) in [5, 5.41) is 23.8. The van der Waals surface area contributed by atoms with E-state index in [0.717, 1.165) is 5.39 Å². The molecule has 0 bridgehead atoms. The fraction of sp³-hybridized carbons (Fsp3) is 0.500. The summed E-state index contributed by atoms with van der Waals surface area (Å²) in [5.41, 5.74) is 6.14. The molecular formula is C12H17N5O3. The van der Waals surface area contributed by atoms with Gasteiger partial charge in [-0.15, -0.1) is 0 Å². The van der Waals surface area contributed by atoms with Crippen LogP contribution in [-0.2, 0) is 4.74 Å². The summed E-state index contributed by atoms with van der Waals surface area (Å²) >= 11 is 0. The number of aliphatic hydroxyl groups excluding tert-OH is 2. The molecule has 3 heterocycles. The van der Waals surface area contributed by atoms with Gasteiger partial charge in [-0.1, -0.05) is 0 Å². The predicted molar refractivity (Wildman–Crippen MR) is 72.1 cm³/mol. The lowest BCUT2D eigenvalue weighted by Crippen LogP contribution is -2.35. The molecule has 3 rings (SSSR count). The molecular weight excluding hydrogens is 262 g/mol. The summed E-state index contributed by atoms with van der Waals surface area (Å²) in [5.74, 6) is 0.692. The highest BCUT2D eigenvalue weighted by Crippen LogP contribution is 2.32. The Morgan fingerprint density at radius 3 is 2.85 bits per heavy atom. The fourth-order valence-electron chi connectivity index (χ4n) is 2.53. The van der Waals surface area contributed by atoms with E-state index in [9.17, 15) is 10.2 Å². The molecule has 0 aromatic carbocycles. The van der Waals surface area contributed by atoms with Crippen LogP contribution in [0.15, 0.2) is 18.6 Å². The van der Waals surface area contributed by atoms with Crippen molar-refractivity contribution in [1.82, 2.24) is 14.5 Å². The first-order valence-electron chi connectivity index (χ1n) is 6.38. The predicted octanol–water partition coefficient (Wildman–Crippen LogP) is -0.949. The topological polar surface area (TPSA) is 118 Å². The van der Waals surface area contributed by atoms with Crippen LogP contribution < -0.4 is 11.1 Å². The molecule has 5 N–H and O–H groups in total. The first-order chi connectivity index (χ1) is 9.67. The van der Waals surface area contributed by atoms with Gasteiger partial charge in [0.15, 0.2) is 6.23 Å². The second-order valence-corrected chi connectivity index (χ2v) is 4.71. The second-order valence-electron chi connectivity index (χ2n) is 4.71. The van der Waals surface area contributed by atoms with E-state index in [0.29, 0.717) is 11.5 Å². The van der Waals surface area contributed by atoms with Gasteiger partial charge < -0.3 is 30.6 Å². The van der Waals surface area contributed by atoms with Gasteiger partial charge in [0, 0.05) is 19.8 Å². The molecule has 1 aliphatic heterocycles. The Hall–Kier alpha value is -1.74. The number of nitrogens with one attached hydrogen (secondary N) is 1. The first-order valence-corrected chi connectivity index (χ1v) is 6.38. The van der Waals surface area contributed by atoms with E-state index in [4.69, 9.17) is 10.5 Å². The van der Waals surface area contributed by atoms with Gasteiger partial charge in [-0.25, -0.2) is 9.97 Å². The summed E-state index contributed by atoms with van der Waals surface area (Å²) < 4.78 is 7.30. The van der Waals surface area contributed by atoms with Gasteiger partial charge in [-0.3, -0.25) is 0 Å². The van der Waals surface area contributed by atoms with Gasteiger partial charge in [0.2, 0.25) is 0 Å². The van der Waals surface area contributed by atoms with Gasteiger partial charge in [0.1, 0.15) is 36.1 Å². The Morgan fingerprint density at radius 2 is 2.20 bits per heavy atom. The van der Waals surface area contributed by atoms with Crippen LogP contribution in [0.2, 0.25) is 0 Å². The average molecular weight is 279 g/mol. The van der Waals surface area contributed by atoms with Crippen molar-refractivity contribution in [1.29, 1.82) is 0 Å². The first kappa shape index (κ1) is 13.3. The van der Waals surface area contributed by atoms with Gasteiger partial charge in [-0.2, -0.15) is 0 Å². The summed E-state index contributed by atoms with van der Waals surface area (Å²) in [6, 6.07) is 1.83. The number of hydrogen-bond acceptors (Lipinski definition) is 7. The van der Waals surface area contributed by atoms with Crippen molar-refractivity contribution in [3.05, 3.63) is 18.6 Å². The molecule has 2 aromatic heterocycles. The average Bonchev–Trinajstić information content (AvgIpc) is 3.01. The Kier molecular flexibility index (Phi) is 3.30. The number of nitrogens with two attached hydrogens (primary N) is 1. The molecule has 2 aromatic rings. The zero-order valence-electron chi connectivity index (χ0n) is 11.0. The number of anilines is 1. The number of rotatable bonds is 3. The maximum atomic E-state index is 10.1. The lowest BCUT2D eigenvalue weighted by atomic mass is 10.1. The molecule has 8 nitrogen and oxygen atoms in total. The lowest BCUT2D eigenvalue weighted by Gasteiger charge is -2.17. The molecule has 1 fully saturated rings. The lowest BCUT2D eigenvalue weighted by molar-refractivity contribution is -0.0318. The van der Waals surface area contributed by atoms with Gasteiger partial charge >= 0.3 is 0 Å². The van der Waals surface area contributed by atoms with Crippen LogP contribution in [0.4, 0.5) is 5.82 Å². The smallest absolute Gasteiger partial charge is 0.164 e.